The van der Waals surface area contributed by atoms with Gasteiger partial charge in [-0.3, -0.25) is 9.59 Å². The smallest absolute Gasteiger partial charge is 0.256 e. The Hall–Kier alpha value is -3.74. The first kappa shape index (κ1) is 21.0. The number of carbonyl (C=O) groups is 2. The molecule has 0 aliphatic rings. The Kier molecular flexibility index (Phi) is 6.41. The zero-order chi connectivity index (χ0) is 21.7. The SMILES string of the molecule is COc1ccc(C(=O)Nc2ccccc2C(=O)N(C)Cc2ccc(F)c(F)c2)cc1. The number of nitrogens with one attached hydrogen (secondary N) is 1. The van der Waals surface area contributed by atoms with E-state index in [0.29, 0.717) is 22.6 Å². The fourth-order valence-electron chi connectivity index (χ4n) is 2.90. The number of benzene rings is 3. The van der Waals surface area contributed by atoms with Crippen LogP contribution in [-0.4, -0.2) is 30.9 Å². The maximum Gasteiger partial charge on any atom is 0.256 e. The molecule has 1 N–H and O–H groups in total. The van der Waals surface area contributed by atoms with Crippen molar-refractivity contribution in [2.24, 2.45) is 0 Å². The topological polar surface area (TPSA) is 58.6 Å². The molecular formula is C23H20F2N2O3. The monoisotopic (exact) mass is 410 g/mol. The Morgan fingerprint density at radius 3 is 2.33 bits per heavy atom. The van der Waals surface area contributed by atoms with Crippen LogP contribution in [0.15, 0.2) is 66.7 Å². The molecule has 0 radical (unpaired) electrons. The minimum atomic E-state index is -0.972. The number of halogens is 2. The van der Waals surface area contributed by atoms with Crippen LogP contribution in [-0.2, 0) is 6.54 Å². The second-order valence-electron chi connectivity index (χ2n) is 6.64. The van der Waals surface area contributed by atoms with Gasteiger partial charge in [0, 0.05) is 19.2 Å². The lowest BCUT2D eigenvalue weighted by Gasteiger charge is -2.19. The van der Waals surface area contributed by atoms with Crippen LogP contribution in [0.2, 0.25) is 0 Å². The average Bonchev–Trinajstić information content (AvgIpc) is 2.76. The summed E-state index contributed by atoms with van der Waals surface area (Å²) in [4.78, 5) is 26.8. The summed E-state index contributed by atoms with van der Waals surface area (Å²) in [7, 11) is 3.08. The van der Waals surface area contributed by atoms with Gasteiger partial charge in [-0.25, -0.2) is 8.78 Å². The molecule has 0 heterocycles. The zero-order valence-corrected chi connectivity index (χ0v) is 16.5. The van der Waals surface area contributed by atoms with Gasteiger partial charge in [-0.1, -0.05) is 18.2 Å². The number of amides is 2. The van der Waals surface area contributed by atoms with Crippen molar-refractivity contribution in [1.29, 1.82) is 0 Å². The zero-order valence-electron chi connectivity index (χ0n) is 16.5. The van der Waals surface area contributed by atoms with Gasteiger partial charge in [0.05, 0.1) is 18.4 Å². The lowest BCUT2D eigenvalue weighted by Crippen LogP contribution is -2.27. The van der Waals surface area contributed by atoms with Crippen molar-refractivity contribution in [2.75, 3.05) is 19.5 Å². The molecule has 30 heavy (non-hydrogen) atoms. The molecule has 0 saturated carbocycles. The van der Waals surface area contributed by atoms with E-state index in [4.69, 9.17) is 4.74 Å². The molecule has 0 aromatic heterocycles. The van der Waals surface area contributed by atoms with Crippen LogP contribution >= 0.6 is 0 Å². The van der Waals surface area contributed by atoms with Crippen LogP contribution in [0.4, 0.5) is 14.5 Å². The number of rotatable bonds is 6. The lowest BCUT2D eigenvalue weighted by molar-refractivity contribution is 0.0786. The van der Waals surface area contributed by atoms with E-state index in [2.05, 4.69) is 5.32 Å². The molecule has 0 bridgehead atoms. The standard InChI is InChI=1S/C23H20F2N2O3/c1-27(14-15-7-12-19(24)20(25)13-15)23(29)18-5-3-4-6-21(18)26-22(28)16-8-10-17(30-2)11-9-16/h3-13H,14H2,1-2H3,(H,26,28). The lowest BCUT2D eigenvalue weighted by atomic mass is 10.1. The summed E-state index contributed by atoms with van der Waals surface area (Å²) in [5.41, 5.74) is 1.49. The molecule has 0 aliphatic heterocycles. The van der Waals surface area contributed by atoms with Crippen LogP contribution in [0.5, 0.6) is 5.75 Å². The molecular weight excluding hydrogens is 390 g/mol. The number of nitrogens with zero attached hydrogens (tertiary/aromatic N) is 1. The van der Waals surface area contributed by atoms with Crippen molar-refractivity contribution in [1.82, 2.24) is 4.90 Å². The Balaban J connectivity index is 1.76. The van der Waals surface area contributed by atoms with Crippen LogP contribution in [0.3, 0.4) is 0 Å². The minimum Gasteiger partial charge on any atom is -0.497 e. The van der Waals surface area contributed by atoms with E-state index in [-0.39, 0.29) is 23.9 Å². The van der Waals surface area contributed by atoms with E-state index in [9.17, 15) is 18.4 Å². The molecule has 0 saturated heterocycles. The Labute approximate surface area is 172 Å². The van der Waals surface area contributed by atoms with Crippen molar-refractivity contribution in [2.45, 2.75) is 6.54 Å². The van der Waals surface area contributed by atoms with Gasteiger partial charge in [0.25, 0.3) is 11.8 Å². The third-order valence-corrected chi connectivity index (χ3v) is 4.51. The van der Waals surface area contributed by atoms with Gasteiger partial charge in [0.1, 0.15) is 5.75 Å². The first-order valence-corrected chi connectivity index (χ1v) is 9.13. The van der Waals surface area contributed by atoms with Gasteiger partial charge >= 0.3 is 0 Å². The van der Waals surface area contributed by atoms with Gasteiger partial charge < -0.3 is 15.0 Å². The number of para-hydroxylation sites is 1. The van der Waals surface area contributed by atoms with Crippen molar-refractivity contribution in [3.8, 4) is 5.75 Å². The first-order chi connectivity index (χ1) is 14.4. The number of methoxy groups -OCH3 is 1. The summed E-state index contributed by atoms with van der Waals surface area (Å²) >= 11 is 0. The van der Waals surface area contributed by atoms with Crippen molar-refractivity contribution >= 4 is 17.5 Å². The second-order valence-corrected chi connectivity index (χ2v) is 6.64. The summed E-state index contributed by atoms with van der Waals surface area (Å²) < 4.78 is 31.6. The molecule has 2 amide bonds. The first-order valence-electron chi connectivity index (χ1n) is 9.13. The molecule has 3 aromatic carbocycles. The van der Waals surface area contributed by atoms with E-state index in [1.165, 1.54) is 18.1 Å². The highest BCUT2D eigenvalue weighted by Crippen LogP contribution is 2.20. The maximum absolute atomic E-state index is 13.4. The molecule has 3 rings (SSSR count). The highest BCUT2D eigenvalue weighted by molar-refractivity contribution is 6.09. The predicted octanol–water partition coefficient (Wildman–Crippen LogP) is 4.50. The third-order valence-electron chi connectivity index (χ3n) is 4.51. The van der Waals surface area contributed by atoms with Gasteiger partial charge in [-0.05, 0) is 54.1 Å². The van der Waals surface area contributed by atoms with E-state index in [1.54, 1.807) is 55.6 Å². The molecule has 154 valence electrons. The molecule has 3 aromatic rings. The summed E-state index contributed by atoms with van der Waals surface area (Å²) in [5.74, 6) is -2.03. The van der Waals surface area contributed by atoms with Gasteiger partial charge in [-0.15, -0.1) is 0 Å². The van der Waals surface area contributed by atoms with Gasteiger partial charge in [0.2, 0.25) is 0 Å². The minimum absolute atomic E-state index is 0.0802. The Morgan fingerprint density at radius 1 is 0.967 bits per heavy atom. The second kappa shape index (κ2) is 9.17. The highest BCUT2D eigenvalue weighted by atomic mass is 19.2. The quantitative estimate of drug-likeness (QED) is 0.651. The van der Waals surface area contributed by atoms with Crippen LogP contribution in [0, 0.1) is 11.6 Å². The number of carbonyl (C=O) groups excluding carboxylic acids is 2. The van der Waals surface area contributed by atoms with E-state index < -0.39 is 11.6 Å². The molecule has 5 nitrogen and oxygen atoms in total. The number of hydrogen-bond acceptors (Lipinski definition) is 3. The highest BCUT2D eigenvalue weighted by Gasteiger charge is 2.18. The van der Waals surface area contributed by atoms with E-state index >= 15 is 0 Å². The number of hydrogen-bond donors (Lipinski definition) is 1. The number of anilines is 1. The van der Waals surface area contributed by atoms with Crippen molar-refractivity contribution < 1.29 is 23.1 Å². The Morgan fingerprint density at radius 2 is 1.67 bits per heavy atom. The van der Waals surface area contributed by atoms with Crippen molar-refractivity contribution in [3.63, 3.8) is 0 Å². The Bertz CT molecular complexity index is 1070. The van der Waals surface area contributed by atoms with Crippen LogP contribution < -0.4 is 10.1 Å². The average molecular weight is 410 g/mol. The third kappa shape index (κ3) is 4.81. The molecule has 0 aliphatic carbocycles. The van der Waals surface area contributed by atoms with Crippen LogP contribution in [0.25, 0.3) is 0 Å². The van der Waals surface area contributed by atoms with E-state index in [0.717, 1.165) is 12.1 Å². The van der Waals surface area contributed by atoms with Crippen LogP contribution in [0.1, 0.15) is 26.3 Å². The van der Waals surface area contributed by atoms with Crippen molar-refractivity contribution in [3.05, 3.63) is 95.1 Å². The largest absolute Gasteiger partial charge is 0.497 e. The van der Waals surface area contributed by atoms with Gasteiger partial charge in [0.15, 0.2) is 11.6 Å². The predicted molar refractivity (Wildman–Crippen MR) is 110 cm³/mol. The summed E-state index contributed by atoms with van der Waals surface area (Å²) in [6, 6.07) is 16.7. The fraction of sp³-hybridized carbons (Fsp3) is 0.130. The molecule has 0 fully saturated rings. The summed E-state index contributed by atoms with van der Waals surface area (Å²) in [6.07, 6.45) is 0. The molecule has 0 unspecified atom stereocenters. The summed E-state index contributed by atoms with van der Waals surface area (Å²) in [5, 5.41) is 2.74. The van der Waals surface area contributed by atoms with E-state index in [1.807, 2.05) is 0 Å². The summed E-state index contributed by atoms with van der Waals surface area (Å²) in [6.45, 7) is 0.0802. The maximum atomic E-state index is 13.4. The number of ether oxygens (including phenoxy) is 1. The molecule has 0 atom stereocenters. The molecule has 0 spiro atoms. The fourth-order valence-corrected chi connectivity index (χ4v) is 2.90. The molecule has 7 heteroatoms. The normalized spacial score (nSPS) is 10.4. The van der Waals surface area contributed by atoms with Gasteiger partial charge in [-0.2, -0.15) is 0 Å².